The average Bonchev–Trinajstić information content (AvgIpc) is 2.91. The summed E-state index contributed by atoms with van der Waals surface area (Å²) in [5.41, 5.74) is -5.80. The molecule has 0 aliphatic rings. The molecule has 0 unspecified atom stereocenters. The van der Waals surface area contributed by atoms with E-state index in [1.54, 1.807) is 100 Å². The first-order chi connectivity index (χ1) is 19.1. The Morgan fingerprint density at radius 2 is 0.929 bits per heavy atom. The summed E-state index contributed by atoms with van der Waals surface area (Å²) in [4.78, 5) is 66.5. The quantitative estimate of drug-likeness (QED) is 0.230. The number of esters is 1. The third-order valence-electron chi connectivity index (χ3n) is 7.85. The highest BCUT2D eigenvalue weighted by molar-refractivity contribution is 9.10. The molecular weight excluding hydrogens is 604 g/mol. The Labute approximate surface area is 259 Å². The lowest BCUT2D eigenvalue weighted by Crippen LogP contribution is -2.69. The van der Waals surface area contributed by atoms with Crippen LogP contribution in [0.5, 0.6) is 0 Å². The molecule has 1 aromatic carbocycles. The van der Waals surface area contributed by atoms with Gasteiger partial charge in [-0.3, -0.25) is 19.2 Å². The molecule has 0 fully saturated rings. The van der Waals surface area contributed by atoms with Gasteiger partial charge in [-0.15, -0.1) is 0 Å². The molecule has 11 heteroatoms. The van der Waals surface area contributed by atoms with Crippen molar-refractivity contribution in [3.05, 3.63) is 34.3 Å². The Balaban J connectivity index is 3.15. The van der Waals surface area contributed by atoms with Gasteiger partial charge in [-0.25, -0.2) is 4.79 Å². The Bertz CT molecular complexity index is 1170. The molecule has 1 aromatic rings. The first-order valence-corrected chi connectivity index (χ1v) is 15.2. The van der Waals surface area contributed by atoms with Crippen molar-refractivity contribution in [3.63, 3.8) is 0 Å². The van der Waals surface area contributed by atoms with Gasteiger partial charge in [0, 0.05) is 10.0 Å². The maximum absolute atomic E-state index is 13.7. The second-order valence-corrected chi connectivity index (χ2v) is 13.5. The van der Waals surface area contributed by atoms with E-state index in [2.05, 4.69) is 37.2 Å². The van der Waals surface area contributed by atoms with Crippen molar-refractivity contribution in [2.45, 2.75) is 130 Å². The summed E-state index contributed by atoms with van der Waals surface area (Å²) >= 11 is 3.34. The molecule has 0 radical (unpaired) electrons. The lowest BCUT2D eigenvalue weighted by atomic mass is 9.89. The van der Waals surface area contributed by atoms with Gasteiger partial charge in [-0.2, -0.15) is 0 Å². The van der Waals surface area contributed by atoms with Crippen LogP contribution in [0.4, 0.5) is 0 Å². The van der Waals surface area contributed by atoms with E-state index >= 15 is 0 Å². The van der Waals surface area contributed by atoms with Crippen LogP contribution in [0.2, 0.25) is 0 Å². The standard InChI is InChI=1S/C31H49BrN4O6/c1-12-28(8,33-22(37)20-16-18-21(32)19-17-20)23(38)34-29(9,13-2)24(39)35-30(10,14-3)25(40)36-31(11,15-4)26(41)42-27(5,6)7/h16-19H,12-15H2,1-11H3,(H,33,37)(H,34,38)(H,35,39)(H,36,40)/t28-,29+,30-,31+/m1/s1. The predicted molar refractivity (Wildman–Crippen MR) is 167 cm³/mol. The number of hydrogen-bond donors (Lipinski definition) is 4. The molecule has 0 aliphatic heterocycles. The second kappa shape index (κ2) is 14.0. The number of hydrogen-bond acceptors (Lipinski definition) is 6. The summed E-state index contributed by atoms with van der Waals surface area (Å²) in [6.07, 6.45) is 0.947. The molecule has 236 valence electrons. The zero-order chi connectivity index (χ0) is 32.7. The van der Waals surface area contributed by atoms with Gasteiger partial charge < -0.3 is 26.0 Å². The van der Waals surface area contributed by atoms with Crippen LogP contribution in [0.1, 0.15) is 112 Å². The first-order valence-electron chi connectivity index (χ1n) is 14.4. The fourth-order valence-electron chi connectivity index (χ4n) is 3.68. The fraction of sp³-hybridized carbons (Fsp3) is 0.645. The zero-order valence-corrected chi connectivity index (χ0v) is 28.6. The average molecular weight is 654 g/mol. The normalized spacial score (nSPS) is 17.2. The largest absolute Gasteiger partial charge is 0.458 e. The van der Waals surface area contributed by atoms with E-state index < -0.39 is 57.4 Å². The number of benzene rings is 1. The molecule has 4 amide bonds. The number of carbonyl (C=O) groups is 5. The van der Waals surface area contributed by atoms with Crippen LogP contribution in [0, 0.1) is 0 Å². The van der Waals surface area contributed by atoms with E-state index in [4.69, 9.17) is 4.74 Å². The number of nitrogens with one attached hydrogen (secondary N) is 4. The molecule has 10 nitrogen and oxygen atoms in total. The molecule has 1 rings (SSSR count). The van der Waals surface area contributed by atoms with Crippen LogP contribution in [-0.2, 0) is 23.9 Å². The summed E-state index contributed by atoms with van der Waals surface area (Å²) in [7, 11) is 0. The minimum atomic E-state index is -1.41. The van der Waals surface area contributed by atoms with Crippen molar-refractivity contribution in [1.29, 1.82) is 0 Å². The van der Waals surface area contributed by atoms with E-state index in [0.29, 0.717) is 5.56 Å². The highest BCUT2D eigenvalue weighted by atomic mass is 79.9. The maximum atomic E-state index is 13.7. The van der Waals surface area contributed by atoms with Crippen LogP contribution in [-0.4, -0.2) is 57.4 Å². The molecule has 42 heavy (non-hydrogen) atoms. The second-order valence-electron chi connectivity index (χ2n) is 12.6. The van der Waals surface area contributed by atoms with Crippen LogP contribution < -0.4 is 21.3 Å². The molecular formula is C31H49BrN4O6. The molecule has 0 heterocycles. The summed E-state index contributed by atoms with van der Waals surface area (Å²) in [5, 5.41) is 11.2. The summed E-state index contributed by atoms with van der Waals surface area (Å²) in [6.45, 7) is 18.6. The van der Waals surface area contributed by atoms with Gasteiger partial charge in [0.2, 0.25) is 17.7 Å². The van der Waals surface area contributed by atoms with Crippen molar-refractivity contribution in [2.75, 3.05) is 0 Å². The van der Waals surface area contributed by atoms with Gasteiger partial charge in [0.05, 0.1) is 0 Å². The van der Waals surface area contributed by atoms with Crippen molar-refractivity contribution >= 4 is 45.5 Å². The Morgan fingerprint density at radius 3 is 1.26 bits per heavy atom. The van der Waals surface area contributed by atoms with Crippen LogP contribution in [0.15, 0.2) is 28.7 Å². The molecule has 0 bridgehead atoms. The predicted octanol–water partition coefficient (Wildman–Crippen LogP) is 4.54. The zero-order valence-electron chi connectivity index (χ0n) is 27.0. The summed E-state index contributed by atoms with van der Waals surface area (Å²) in [5.74, 6) is -2.68. The SMILES string of the molecule is CC[C@@](C)(NC(=O)c1ccc(Br)cc1)C(=O)N[C@@](C)(CC)C(=O)N[C@](C)(CC)C(=O)N[C@@](C)(CC)C(=O)OC(C)(C)C. The maximum Gasteiger partial charge on any atom is 0.332 e. The number of ether oxygens (including phenoxy) is 1. The molecule has 4 N–H and O–H groups in total. The number of halogens is 1. The molecule has 0 aliphatic carbocycles. The lowest BCUT2D eigenvalue weighted by molar-refractivity contribution is -0.164. The van der Waals surface area contributed by atoms with Crippen LogP contribution in [0.3, 0.4) is 0 Å². The van der Waals surface area contributed by atoms with E-state index in [-0.39, 0.29) is 25.7 Å². The van der Waals surface area contributed by atoms with E-state index in [1.807, 2.05) is 0 Å². The topological polar surface area (TPSA) is 143 Å². The van der Waals surface area contributed by atoms with E-state index in [1.165, 1.54) is 0 Å². The van der Waals surface area contributed by atoms with Gasteiger partial charge in [-0.1, -0.05) is 43.6 Å². The molecule has 0 spiro atoms. The van der Waals surface area contributed by atoms with Gasteiger partial charge in [0.15, 0.2) is 0 Å². The Kier molecular flexibility index (Phi) is 12.4. The van der Waals surface area contributed by atoms with Crippen molar-refractivity contribution in [3.8, 4) is 0 Å². The highest BCUT2D eigenvalue weighted by Crippen LogP contribution is 2.22. The Morgan fingerprint density at radius 1 is 0.595 bits per heavy atom. The van der Waals surface area contributed by atoms with Gasteiger partial charge in [0.1, 0.15) is 27.8 Å². The smallest absolute Gasteiger partial charge is 0.332 e. The highest BCUT2D eigenvalue weighted by Gasteiger charge is 2.46. The lowest BCUT2D eigenvalue weighted by Gasteiger charge is -2.39. The van der Waals surface area contributed by atoms with Gasteiger partial charge in [0.25, 0.3) is 5.91 Å². The van der Waals surface area contributed by atoms with Gasteiger partial charge >= 0.3 is 5.97 Å². The van der Waals surface area contributed by atoms with Crippen molar-refractivity contribution in [2.24, 2.45) is 0 Å². The third-order valence-corrected chi connectivity index (χ3v) is 8.37. The van der Waals surface area contributed by atoms with Crippen LogP contribution in [0.25, 0.3) is 0 Å². The molecule has 0 saturated heterocycles. The third kappa shape index (κ3) is 9.28. The first kappa shape index (κ1) is 37.1. The number of rotatable bonds is 13. The minimum Gasteiger partial charge on any atom is -0.458 e. The summed E-state index contributed by atoms with van der Waals surface area (Å²) in [6, 6.07) is 6.74. The van der Waals surface area contributed by atoms with Crippen molar-refractivity contribution < 1.29 is 28.7 Å². The summed E-state index contributed by atoms with van der Waals surface area (Å²) < 4.78 is 6.34. The molecule has 0 aromatic heterocycles. The fourth-order valence-corrected chi connectivity index (χ4v) is 3.95. The van der Waals surface area contributed by atoms with Gasteiger partial charge in [-0.05, 0) is 98.4 Å². The monoisotopic (exact) mass is 652 g/mol. The Hall–Kier alpha value is -2.95. The number of amides is 4. The minimum absolute atomic E-state index is 0.205. The van der Waals surface area contributed by atoms with E-state index in [9.17, 15) is 24.0 Å². The van der Waals surface area contributed by atoms with Crippen molar-refractivity contribution in [1.82, 2.24) is 21.3 Å². The van der Waals surface area contributed by atoms with E-state index in [0.717, 1.165) is 4.47 Å². The number of carbonyl (C=O) groups excluding carboxylic acids is 5. The molecule has 0 saturated carbocycles. The molecule has 4 atom stereocenters. The van der Waals surface area contributed by atoms with Crippen LogP contribution >= 0.6 is 15.9 Å².